The van der Waals surface area contributed by atoms with E-state index in [1.165, 1.54) is 10.8 Å². The number of rotatable bonds is 10. The predicted molar refractivity (Wildman–Crippen MR) is 188 cm³/mol. The molecule has 0 saturated heterocycles. The van der Waals surface area contributed by atoms with E-state index in [1.807, 2.05) is 24.3 Å². The lowest BCUT2D eigenvalue weighted by Crippen LogP contribution is -2.54. The van der Waals surface area contributed by atoms with Gasteiger partial charge in [-0.3, -0.25) is 9.59 Å². The smallest absolute Gasteiger partial charge is 0.408 e. The fourth-order valence-electron chi connectivity index (χ4n) is 5.85. The number of fused-ring (bicyclic) bond motifs is 5. The van der Waals surface area contributed by atoms with Gasteiger partial charge in [0.2, 0.25) is 5.91 Å². The molecular weight excluding hydrogens is 676 g/mol. The summed E-state index contributed by atoms with van der Waals surface area (Å²) in [6.45, 7) is 11.4. The van der Waals surface area contributed by atoms with Crippen LogP contribution in [0.2, 0.25) is 0 Å². The molecule has 2 atom stereocenters. The number of para-hydroxylation sites is 1. The van der Waals surface area contributed by atoms with E-state index in [2.05, 4.69) is 21.1 Å². The number of hydrogen-bond donors (Lipinski definition) is 4. The van der Waals surface area contributed by atoms with Crippen molar-refractivity contribution in [2.75, 3.05) is 19.7 Å². The van der Waals surface area contributed by atoms with Gasteiger partial charge in [0, 0.05) is 22.1 Å². The molecule has 0 fully saturated rings. The molecular formula is C36H44N6O10. The average Bonchev–Trinajstić information content (AvgIpc) is 3.43. The predicted octanol–water partition coefficient (Wildman–Crippen LogP) is 2.96. The molecule has 0 aliphatic carbocycles. The number of pyridine rings is 2. The number of cyclic esters (lactones) is 1. The summed E-state index contributed by atoms with van der Waals surface area (Å²) in [5.74, 6) is -1.41. The van der Waals surface area contributed by atoms with Gasteiger partial charge in [-0.15, -0.1) is 0 Å². The first kappa shape index (κ1) is 37.7. The largest absolute Gasteiger partial charge is 0.458 e. The minimum Gasteiger partial charge on any atom is -0.458 e. The van der Waals surface area contributed by atoms with Crippen LogP contribution in [0.4, 0.5) is 9.59 Å². The van der Waals surface area contributed by atoms with Gasteiger partial charge < -0.3 is 44.7 Å². The number of aromatic nitrogens is 2. The van der Waals surface area contributed by atoms with Crippen molar-refractivity contribution < 1.29 is 43.3 Å². The molecule has 0 radical (unpaired) electrons. The molecule has 16 heteroatoms. The van der Waals surface area contributed by atoms with Gasteiger partial charge in [-0.1, -0.05) is 30.3 Å². The lowest BCUT2D eigenvalue weighted by atomic mass is 9.86. The van der Waals surface area contributed by atoms with E-state index in [1.54, 1.807) is 54.5 Å². The molecule has 1 aromatic carbocycles. The molecule has 3 aromatic rings. The van der Waals surface area contributed by atoms with Gasteiger partial charge in [-0.25, -0.2) is 19.4 Å². The molecule has 0 saturated carbocycles. The molecule has 0 bridgehead atoms. The summed E-state index contributed by atoms with van der Waals surface area (Å²) >= 11 is 0. The van der Waals surface area contributed by atoms with Gasteiger partial charge in [0.1, 0.15) is 30.5 Å². The summed E-state index contributed by atoms with van der Waals surface area (Å²) < 4.78 is 17.2. The van der Waals surface area contributed by atoms with E-state index in [-0.39, 0.29) is 56.0 Å². The molecule has 2 aliphatic heterocycles. The Morgan fingerprint density at radius 3 is 2.44 bits per heavy atom. The Kier molecular flexibility index (Phi) is 10.6. The minimum atomic E-state index is -1.95. The van der Waals surface area contributed by atoms with Crippen LogP contribution in [-0.2, 0) is 47.4 Å². The van der Waals surface area contributed by atoms with Crippen LogP contribution < -0.4 is 21.5 Å². The van der Waals surface area contributed by atoms with E-state index >= 15 is 0 Å². The number of amides is 3. The number of nitrogens with one attached hydrogen (secondary N) is 3. The summed E-state index contributed by atoms with van der Waals surface area (Å²) in [5.41, 5.74) is -0.538. The Morgan fingerprint density at radius 2 is 1.75 bits per heavy atom. The molecule has 0 spiro atoms. The highest BCUT2D eigenvalue weighted by Crippen LogP contribution is 2.39. The van der Waals surface area contributed by atoms with E-state index < -0.39 is 46.9 Å². The van der Waals surface area contributed by atoms with Crippen LogP contribution in [0.3, 0.4) is 0 Å². The number of alkyl carbamates (subject to hydrolysis) is 2. The third-order valence-corrected chi connectivity index (χ3v) is 8.24. The SMILES string of the molecule is CC[C@@]1(O)C(=O)OCc2c1cc1n(c2=O)Cc2c-1nc1ccccc1c2/C=N/OCCNC(=O)C(CNC(=O)OC(C)(C)C)NC(=O)OC(C)(C)C. The zero-order valence-corrected chi connectivity index (χ0v) is 30.2. The van der Waals surface area contributed by atoms with Gasteiger partial charge in [0.05, 0.1) is 48.3 Å². The van der Waals surface area contributed by atoms with Gasteiger partial charge in [-0.05, 0) is 60.1 Å². The molecule has 2 aliphatic rings. The summed E-state index contributed by atoms with van der Waals surface area (Å²) in [4.78, 5) is 74.2. The third kappa shape index (κ3) is 8.17. The van der Waals surface area contributed by atoms with Crippen LogP contribution in [0.15, 0.2) is 40.3 Å². The second-order valence-electron chi connectivity index (χ2n) is 14.4. The highest BCUT2D eigenvalue weighted by atomic mass is 16.6. The third-order valence-electron chi connectivity index (χ3n) is 8.24. The average molecular weight is 721 g/mol. The Morgan fingerprint density at radius 1 is 1.06 bits per heavy atom. The number of nitrogens with zero attached hydrogens (tertiary/aromatic N) is 3. The highest BCUT2D eigenvalue weighted by molar-refractivity contribution is 6.02. The zero-order valence-electron chi connectivity index (χ0n) is 30.2. The second kappa shape index (κ2) is 14.6. The van der Waals surface area contributed by atoms with Crippen LogP contribution >= 0.6 is 0 Å². The summed E-state index contributed by atoms with van der Waals surface area (Å²) in [6, 6.07) is 7.82. The van der Waals surface area contributed by atoms with Crippen molar-refractivity contribution in [3.05, 3.63) is 62.9 Å². The van der Waals surface area contributed by atoms with Crippen molar-refractivity contribution in [3.8, 4) is 11.4 Å². The Hall–Kier alpha value is -5.51. The standard InChI is InChI=1S/C36H44N6O10/c1-8-36(48)24-15-27-28-22(18-42(27)30(44)23(24)19-49-31(36)45)21(20-11-9-10-12-25(20)40-28)16-39-50-14-13-37-29(43)26(41-33(47)52-35(5,6)7)17-38-32(46)51-34(2,3)4/h9-12,15-16,26,48H,8,13-14,17-19H2,1-7H3,(H,37,43)(H,38,46)(H,41,47)/b39-16+/t26?,36-/m0/s1. The van der Waals surface area contributed by atoms with Crippen molar-refractivity contribution >= 4 is 41.2 Å². The fraction of sp³-hybridized carbons (Fsp3) is 0.472. The fourth-order valence-corrected chi connectivity index (χ4v) is 5.85. The van der Waals surface area contributed by atoms with Crippen molar-refractivity contribution in [3.63, 3.8) is 0 Å². The minimum absolute atomic E-state index is 0.00216. The normalized spacial score (nSPS) is 17.0. The van der Waals surface area contributed by atoms with Crippen LogP contribution in [0.25, 0.3) is 22.3 Å². The molecule has 16 nitrogen and oxygen atoms in total. The monoisotopic (exact) mass is 720 g/mol. The molecule has 278 valence electrons. The Labute approximate surface area is 299 Å². The summed E-state index contributed by atoms with van der Waals surface area (Å²) in [7, 11) is 0. The van der Waals surface area contributed by atoms with Crippen LogP contribution in [0.1, 0.15) is 77.1 Å². The molecule has 1 unspecified atom stereocenters. The number of ether oxygens (including phenoxy) is 3. The van der Waals surface area contributed by atoms with E-state index in [0.717, 1.165) is 5.39 Å². The zero-order chi connectivity index (χ0) is 38.0. The highest BCUT2D eigenvalue weighted by Gasteiger charge is 2.45. The molecule has 5 rings (SSSR count). The first-order valence-electron chi connectivity index (χ1n) is 16.9. The van der Waals surface area contributed by atoms with Crippen LogP contribution in [-0.4, -0.2) is 81.9 Å². The van der Waals surface area contributed by atoms with Gasteiger partial charge in [0.15, 0.2) is 5.60 Å². The quantitative estimate of drug-likeness (QED) is 0.0616. The van der Waals surface area contributed by atoms with Crippen LogP contribution in [0.5, 0.6) is 0 Å². The molecule has 3 amide bonds. The van der Waals surface area contributed by atoms with E-state index in [9.17, 15) is 29.1 Å². The van der Waals surface area contributed by atoms with Crippen molar-refractivity contribution in [2.24, 2.45) is 5.16 Å². The number of oxime groups is 1. The molecule has 4 heterocycles. The molecule has 4 N–H and O–H groups in total. The Balaban J connectivity index is 1.30. The van der Waals surface area contributed by atoms with Gasteiger partial charge >= 0.3 is 18.2 Å². The lowest BCUT2D eigenvalue weighted by molar-refractivity contribution is -0.172. The number of carbonyl (C=O) groups is 4. The lowest BCUT2D eigenvalue weighted by Gasteiger charge is -2.31. The maximum Gasteiger partial charge on any atom is 0.408 e. The first-order valence-corrected chi connectivity index (χ1v) is 16.9. The summed E-state index contributed by atoms with van der Waals surface area (Å²) in [5, 5.41) is 23.7. The number of benzene rings is 1. The molecule has 2 aromatic heterocycles. The topological polar surface area (TPSA) is 209 Å². The van der Waals surface area contributed by atoms with Crippen LogP contribution in [0, 0.1) is 0 Å². The number of carbonyl (C=O) groups excluding carboxylic acids is 4. The van der Waals surface area contributed by atoms with Gasteiger partial charge in [-0.2, -0.15) is 0 Å². The van der Waals surface area contributed by atoms with Gasteiger partial charge in [0.25, 0.3) is 5.56 Å². The maximum absolute atomic E-state index is 13.7. The maximum atomic E-state index is 13.7. The first-order chi connectivity index (χ1) is 24.4. The van der Waals surface area contributed by atoms with Crippen molar-refractivity contribution in [1.29, 1.82) is 0 Å². The van der Waals surface area contributed by atoms with E-state index in [0.29, 0.717) is 28.0 Å². The van der Waals surface area contributed by atoms with E-state index in [4.69, 9.17) is 24.0 Å². The summed E-state index contributed by atoms with van der Waals surface area (Å²) in [6.07, 6.45) is -0.0692. The van der Waals surface area contributed by atoms with Crippen molar-refractivity contribution in [2.45, 2.75) is 90.9 Å². The Bertz CT molecular complexity index is 1990. The number of esters is 1. The van der Waals surface area contributed by atoms with Crippen molar-refractivity contribution in [1.82, 2.24) is 25.5 Å². The molecule has 52 heavy (non-hydrogen) atoms. The number of aliphatic hydroxyl groups is 1. The number of hydrogen-bond acceptors (Lipinski definition) is 12. The second-order valence-corrected chi connectivity index (χ2v) is 14.4.